The van der Waals surface area contributed by atoms with Crippen LogP contribution in [0.3, 0.4) is 0 Å². The Morgan fingerprint density at radius 3 is 2.53 bits per heavy atom. The van der Waals surface area contributed by atoms with Crippen LogP contribution in [0.25, 0.3) is 0 Å². The molecular formula is C10H13NO4. The van der Waals surface area contributed by atoms with Gasteiger partial charge in [0.1, 0.15) is 17.1 Å². The van der Waals surface area contributed by atoms with Gasteiger partial charge in [-0.3, -0.25) is 0 Å². The van der Waals surface area contributed by atoms with Gasteiger partial charge in [0.25, 0.3) is 0 Å². The molecule has 0 bridgehead atoms. The molecule has 1 atom stereocenters. The third-order valence-electron chi connectivity index (χ3n) is 2.07. The molecule has 5 heteroatoms. The zero-order valence-electron chi connectivity index (χ0n) is 8.52. The van der Waals surface area contributed by atoms with Crippen molar-refractivity contribution in [3.05, 3.63) is 23.3 Å². The molecule has 0 aliphatic rings. The average Bonchev–Trinajstić information content (AvgIpc) is 2.16. The highest BCUT2D eigenvalue weighted by Crippen LogP contribution is 2.31. The normalized spacial score (nSPS) is 12.2. The van der Waals surface area contributed by atoms with Gasteiger partial charge in [0.05, 0.1) is 7.11 Å². The van der Waals surface area contributed by atoms with E-state index in [1.54, 1.807) is 6.92 Å². The zero-order valence-corrected chi connectivity index (χ0v) is 8.52. The SMILES string of the molecule is COc1cc(O)c(C(=O)O)cc1C(C)N. The molecule has 0 saturated heterocycles. The highest BCUT2D eigenvalue weighted by atomic mass is 16.5. The minimum absolute atomic E-state index is 0.178. The molecule has 0 amide bonds. The lowest BCUT2D eigenvalue weighted by Gasteiger charge is -2.13. The smallest absolute Gasteiger partial charge is 0.339 e. The van der Waals surface area contributed by atoms with Crippen molar-refractivity contribution in [2.24, 2.45) is 5.73 Å². The third kappa shape index (κ3) is 2.19. The molecule has 1 rings (SSSR count). The number of phenols is 1. The van der Waals surface area contributed by atoms with E-state index in [-0.39, 0.29) is 17.4 Å². The zero-order chi connectivity index (χ0) is 11.6. The molecule has 0 aromatic heterocycles. The summed E-state index contributed by atoms with van der Waals surface area (Å²) in [7, 11) is 1.43. The average molecular weight is 211 g/mol. The second-order valence-electron chi connectivity index (χ2n) is 3.21. The van der Waals surface area contributed by atoms with Crippen molar-refractivity contribution in [3.8, 4) is 11.5 Å². The number of aromatic carboxylic acids is 1. The van der Waals surface area contributed by atoms with Crippen molar-refractivity contribution in [1.82, 2.24) is 0 Å². The number of carboxylic acid groups (broad SMARTS) is 1. The largest absolute Gasteiger partial charge is 0.507 e. The van der Waals surface area contributed by atoms with Gasteiger partial charge in [0, 0.05) is 17.7 Å². The van der Waals surface area contributed by atoms with E-state index in [0.29, 0.717) is 11.3 Å². The monoisotopic (exact) mass is 211 g/mol. The van der Waals surface area contributed by atoms with Crippen molar-refractivity contribution in [1.29, 1.82) is 0 Å². The molecule has 1 unspecified atom stereocenters. The Bertz CT molecular complexity index is 387. The van der Waals surface area contributed by atoms with E-state index in [1.807, 2.05) is 0 Å². The maximum absolute atomic E-state index is 10.8. The molecule has 0 fully saturated rings. The lowest BCUT2D eigenvalue weighted by Crippen LogP contribution is -2.09. The number of benzene rings is 1. The van der Waals surface area contributed by atoms with Crippen LogP contribution in [0.4, 0.5) is 0 Å². The summed E-state index contributed by atoms with van der Waals surface area (Å²) in [6, 6.07) is 2.21. The molecule has 0 heterocycles. The molecule has 0 aliphatic heterocycles. The highest BCUT2D eigenvalue weighted by Gasteiger charge is 2.16. The number of carboxylic acids is 1. The van der Waals surface area contributed by atoms with Crippen molar-refractivity contribution in [3.63, 3.8) is 0 Å². The Morgan fingerprint density at radius 1 is 1.53 bits per heavy atom. The first-order valence-electron chi connectivity index (χ1n) is 4.37. The van der Waals surface area contributed by atoms with E-state index in [4.69, 9.17) is 15.6 Å². The lowest BCUT2D eigenvalue weighted by molar-refractivity contribution is 0.0693. The van der Waals surface area contributed by atoms with Crippen LogP contribution in [0.5, 0.6) is 11.5 Å². The van der Waals surface area contributed by atoms with Crippen LogP contribution in [0.1, 0.15) is 28.9 Å². The summed E-state index contributed by atoms with van der Waals surface area (Å²) in [5, 5.41) is 18.2. The van der Waals surface area contributed by atoms with Gasteiger partial charge in [-0.05, 0) is 13.0 Å². The number of methoxy groups -OCH3 is 1. The molecule has 0 spiro atoms. The molecular weight excluding hydrogens is 198 g/mol. The summed E-state index contributed by atoms with van der Waals surface area (Å²) in [6.45, 7) is 1.71. The Labute approximate surface area is 87.1 Å². The van der Waals surface area contributed by atoms with Crippen LogP contribution >= 0.6 is 0 Å². The topological polar surface area (TPSA) is 92.8 Å². The van der Waals surface area contributed by atoms with E-state index < -0.39 is 5.97 Å². The van der Waals surface area contributed by atoms with Crippen LogP contribution < -0.4 is 10.5 Å². The molecule has 0 aliphatic carbocycles. The van der Waals surface area contributed by atoms with E-state index in [9.17, 15) is 9.90 Å². The predicted molar refractivity (Wildman–Crippen MR) is 54.2 cm³/mol. The molecule has 1 aromatic carbocycles. The summed E-state index contributed by atoms with van der Waals surface area (Å²) in [5.41, 5.74) is 6.03. The lowest BCUT2D eigenvalue weighted by atomic mass is 10.0. The maximum atomic E-state index is 10.8. The summed E-state index contributed by atoms with van der Waals surface area (Å²) >= 11 is 0. The van der Waals surface area contributed by atoms with Gasteiger partial charge in [-0.25, -0.2) is 4.79 Å². The fourth-order valence-corrected chi connectivity index (χ4v) is 1.29. The Balaban J connectivity index is 3.37. The predicted octanol–water partition coefficient (Wildman–Crippen LogP) is 1.12. The second-order valence-corrected chi connectivity index (χ2v) is 3.21. The van der Waals surface area contributed by atoms with Gasteiger partial charge in [-0.2, -0.15) is 0 Å². The highest BCUT2D eigenvalue weighted by molar-refractivity contribution is 5.91. The van der Waals surface area contributed by atoms with E-state index in [0.717, 1.165) is 0 Å². The van der Waals surface area contributed by atoms with Gasteiger partial charge in [0.2, 0.25) is 0 Å². The second kappa shape index (κ2) is 4.18. The third-order valence-corrected chi connectivity index (χ3v) is 2.07. The van der Waals surface area contributed by atoms with Crippen molar-refractivity contribution in [2.75, 3.05) is 7.11 Å². The van der Waals surface area contributed by atoms with Crippen molar-refractivity contribution >= 4 is 5.97 Å². The summed E-state index contributed by atoms with van der Waals surface area (Å²) in [4.78, 5) is 10.8. The van der Waals surface area contributed by atoms with Gasteiger partial charge >= 0.3 is 5.97 Å². The molecule has 82 valence electrons. The number of aromatic hydroxyl groups is 1. The molecule has 1 aromatic rings. The first kappa shape index (κ1) is 11.3. The minimum Gasteiger partial charge on any atom is -0.507 e. The Hall–Kier alpha value is -1.75. The first-order valence-corrected chi connectivity index (χ1v) is 4.37. The molecule has 5 nitrogen and oxygen atoms in total. The van der Waals surface area contributed by atoms with Gasteiger partial charge < -0.3 is 20.7 Å². The quantitative estimate of drug-likeness (QED) is 0.696. The Kier molecular flexibility index (Phi) is 3.16. The molecule has 4 N–H and O–H groups in total. The van der Waals surface area contributed by atoms with Crippen LogP contribution in [-0.2, 0) is 0 Å². The summed E-state index contributed by atoms with van der Waals surface area (Å²) in [6.07, 6.45) is 0. The number of nitrogens with two attached hydrogens (primary N) is 1. The summed E-state index contributed by atoms with van der Waals surface area (Å²) in [5.74, 6) is -1.15. The standard InChI is InChI=1S/C10H13NO4/c1-5(11)6-3-7(10(13)14)8(12)4-9(6)15-2/h3-5,12H,11H2,1-2H3,(H,13,14). The van der Waals surface area contributed by atoms with E-state index in [2.05, 4.69) is 0 Å². The maximum Gasteiger partial charge on any atom is 0.339 e. The van der Waals surface area contributed by atoms with Crippen LogP contribution in [0, 0.1) is 0 Å². The summed E-state index contributed by atoms with van der Waals surface area (Å²) < 4.78 is 4.99. The van der Waals surface area contributed by atoms with Gasteiger partial charge in [-0.15, -0.1) is 0 Å². The number of hydrogen-bond donors (Lipinski definition) is 3. The van der Waals surface area contributed by atoms with E-state index in [1.165, 1.54) is 19.2 Å². The molecule has 15 heavy (non-hydrogen) atoms. The number of rotatable bonds is 3. The van der Waals surface area contributed by atoms with Crippen LogP contribution in [-0.4, -0.2) is 23.3 Å². The van der Waals surface area contributed by atoms with Crippen molar-refractivity contribution < 1.29 is 19.7 Å². The number of hydrogen-bond acceptors (Lipinski definition) is 4. The first-order chi connectivity index (χ1) is 6.97. The van der Waals surface area contributed by atoms with Gasteiger partial charge in [-0.1, -0.05) is 0 Å². The Morgan fingerprint density at radius 2 is 2.13 bits per heavy atom. The fourth-order valence-electron chi connectivity index (χ4n) is 1.29. The van der Waals surface area contributed by atoms with Gasteiger partial charge in [0.15, 0.2) is 0 Å². The number of ether oxygens (including phenoxy) is 1. The molecule has 0 radical (unpaired) electrons. The molecule has 0 saturated carbocycles. The minimum atomic E-state index is -1.20. The van der Waals surface area contributed by atoms with Crippen LogP contribution in [0.2, 0.25) is 0 Å². The fraction of sp³-hybridized carbons (Fsp3) is 0.300. The van der Waals surface area contributed by atoms with Crippen LogP contribution in [0.15, 0.2) is 12.1 Å². The number of carbonyl (C=O) groups is 1. The van der Waals surface area contributed by atoms with E-state index >= 15 is 0 Å². The van der Waals surface area contributed by atoms with Crippen molar-refractivity contribution in [2.45, 2.75) is 13.0 Å².